The number of hydrogen-bond acceptors (Lipinski definition) is 5. The summed E-state index contributed by atoms with van der Waals surface area (Å²) in [7, 11) is 0. The molecular formula is C23H30IN5O2. The lowest BCUT2D eigenvalue weighted by atomic mass is 10.1. The van der Waals surface area contributed by atoms with Gasteiger partial charge >= 0.3 is 0 Å². The molecule has 0 aliphatic heterocycles. The molecule has 166 valence electrons. The minimum Gasteiger partial charge on any atom is -0.478 e. The van der Waals surface area contributed by atoms with Crippen LogP contribution in [0.5, 0.6) is 5.88 Å². The van der Waals surface area contributed by atoms with Crippen LogP contribution in [-0.2, 0) is 13.1 Å². The first-order valence-electron chi connectivity index (χ1n) is 10.3. The third kappa shape index (κ3) is 7.86. The van der Waals surface area contributed by atoms with Crippen molar-refractivity contribution in [1.29, 1.82) is 0 Å². The maximum absolute atomic E-state index is 5.62. The van der Waals surface area contributed by atoms with Gasteiger partial charge in [-0.15, -0.1) is 24.0 Å². The van der Waals surface area contributed by atoms with E-state index in [1.54, 1.807) is 12.5 Å². The molecule has 0 amide bonds. The third-order valence-corrected chi connectivity index (χ3v) is 4.30. The van der Waals surface area contributed by atoms with E-state index in [-0.39, 0.29) is 24.0 Å². The maximum atomic E-state index is 5.62. The van der Waals surface area contributed by atoms with Gasteiger partial charge in [0.2, 0.25) is 11.8 Å². The number of benzene rings is 1. The topological polar surface area (TPSA) is 84.6 Å². The molecule has 2 heterocycles. The minimum atomic E-state index is 0. The fourth-order valence-electron chi connectivity index (χ4n) is 2.70. The number of ether oxygens (including phenoxy) is 1. The van der Waals surface area contributed by atoms with Gasteiger partial charge in [-0.25, -0.2) is 15.0 Å². The zero-order valence-corrected chi connectivity index (χ0v) is 20.6. The van der Waals surface area contributed by atoms with E-state index in [2.05, 4.69) is 39.4 Å². The van der Waals surface area contributed by atoms with Gasteiger partial charge in [-0.05, 0) is 38.0 Å². The number of rotatable bonds is 9. The Kier molecular flexibility index (Phi) is 10.3. The summed E-state index contributed by atoms with van der Waals surface area (Å²) in [5.41, 5.74) is 4.00. The smallest absolute Gasteiger partial charge is 0.226 e. The first-order valence-corrected chi connectivity index (χ1v) is 10.3. The second kappa shape index (κ2) is 12.9. The summed E-state index contributed by atoms with van der Waals surface area (Å²) in [6, 6.07) is 12.0. The van der Waals surface area contributed by atoms with Crippen LogP contribution in [0, 0.1) is 6.92 Å². The molecular weight excluding hydrogens is 505 g/mol. The molecule has 7 nitrogen and oxygen atoms in total. The summed E-state index contributed by atoms with van der Waals surface area (Å²) >= 11 is 0. The third-order valence-electron chi connectivity index (χ3n) is 4.30. The number of nitrogens with one attached hydrogen (secondary N) is 2. The highest BCUT2D eigenvalue weighted by Gasteiger charge is 2.07. The molecule has 0 saturated heterocycles. The Labute approximate surface area is 200 Å². The van der Waals surface area contributed by atoms with Crippen molar-refractivity contribution in [3.8, 4) is 17.3 Å². The molecule has 0 aliphatic rings. The first-order chi connectivity index (χ1) is 14.7. The SMILES string of the molecule is CCCOc1ccc(CN=C(NCC)NCc2coc(-c3ccc(C)cc3)n2)cn1.I. The van der Waals surface area contributed by atoms with Gasteiger partial charge in [0.1, 0.15) is 6.26 Å². The molecule has 0 saturated carbocycles. The molecule has 8 heteroatoms. The number of halogens is 1. The van der Waals surface area contributed by atoms with Crippen molar-refractivity contribution >= 4 is 29.9 Å². The average Bonchev–Trinajstić information content (AvgIpc) is 3.24. The second-order valence-corrected chi connectivity index (χ2v) is 6.91. The number of oxazole rings is 1. The number of hydrogen-bond donors (Lipinski definition) is 2. The lowest BCUT2D eigenvalue weighted by Crippen LogP contribution is -2.36. The zero-order chi connectivity index (χ0) is 21.2. The molecule has 3 aromatic rings. The lowest BCUT2D eigenvalue weighted by Gasteiger charge is -2.10. The molecule has 31 heavy (non-hydrogen) atoms. The van der Waals surface area contributed by atoms with Crippen molar-refractivity contribution in [3.05, 3.63) is 65.7 Å². The number of aliphatic imine (C=N–C) groups is 1. The summed E-state index contributed by atoms with van der Waals surface area (Å²) in [5, 5.41) is 6.53. The molecule has 2 aromatic heterocycles. The Bertz CT molecular complexity index is 939. The van der Waals surface area contributed by atoms with Crippen molar-refractivity contribution in [2.24, 2.45) is 4.99 Å². The molecule has 0 aliphatic carbocycles. The van der Waals surface area contributed by atoms with Crippen molar-refractivity contribution in [2.45, 2.75) is 40.3 Å². The van der Waals surface area contributed by atoms with Crippen LogP contribution in [-0.4, -0.2) is 29.1 Å². The predicted octanol–water partition coefficient (Wildman–Crippen LogP) is 4.71. The molecule has 0 unspecified atom stereocenters. The van der Waals surface area contributed by atoms with Gasteiger partial charge in [-0.3, -0.25) is 0 Å². The normalized spacial score (nSPS) is 11.0. The van der Waals surface area contributed by atoms with Crippen LogP contribution in [0.1, 0.15) is 37.1 Å². The van der Waals surface area contributed by atoms with Gasteiger partial charge < -0.3 is 19.8 Å². The first kappa shape index (κ1) is 24.6. The van der Waals surface area contributed by atoms with Crippen LogP contribution in [0.25, 0.3) is 11.5 Å². The number of aryl methyl sites for hydroxylation is 1. The van der Waals surface area contributed by atoms with Crippen LogP contribution >= 0.6 is 24.0 Å². The Balaban J connectivity index is 0.00000341. The zero-order valence-electron chi connectivity index (χ0n) is 18.2. The van der Waals surface area contributed by atoms with Crippen molar-refractivity contribution in [2.75, 3.05) is 13.2 Å². The molecule has 3 rings (SSSR count). The molecule has 0 radical (unpaired) electrons. The van der Waals surface area contributed by atoms with Crippen molar-refractivity contribution in [1.82, 2.24) is 20.6 Å². The number of nitrogens with zero attached hydrogens (tertiary/aromatic N) is 3. The number of aromatic nitrogens is 2. The molecule has 0 fully saturated rings. The maximum Gasteiger partial charge on any atom is 0.226 e. The molecule has 1 aromatic carbocycles. The Morgan fingerprint density at radius 3 is 2.58 bits per heavy atom. The van der Waals surface area contributed by atoms with Crippen LogP contribution in [0.2, 0.25) is 0 Å². The van der Waals surface area contributed by atoms with Crippen molar-refractivity contribution < 1.29 is 9.15 Å². The average molecular weight is 535 g/mol. The van der Waals surface area contributed by atoms with Crippen LogP contribution in [0.15, 0.2) is 58.3 Å². The van der Waals surface area contributed by atoms with Gasteiger partial charge in [0.15, 0.2) is 5.96 Å². The lowest BCUT2D eigenvalue weighted by molar-refractivity contribution is 0.305. The Hall–Kier alpha value is -2.62. The Morgan fingerprint density at radius 2 is 1.90 bits per heavy atom. The summed E-state index contributed by atoms with van der Waals surface area (Å²) in [6.07, 6.45) is 4.43. The predicted molar refractivity (Wildman–Crippen MR) is 134 cm³/mol. The van der Waals surface area contributed by atoms with Gasteiger partial charge in [-0.2, -0.15) is 0 Å². The number of guanidine groups is 1. The van der Waals surface area contributed by atoms with E-state index >= 15 is 0 Å². The number of pyridine rings is 1. The van der Waals surface area contributed by atoms with Crippen LogP contribution < -0.4 is 15.4 Å². The highest BCUT2D eigenvalue weighted by Crippen LogP contribution is 2.19. The van der Waals surface area contributed by atoms with Crippen LogP contribution in [0.4, 0.5) is 0 Å². The fourth-order valence-corrected chi connectivity index (χ4v) is 2.70. The van der Waals surface area contributed by atoms with E-state index in [4.69, 9.17) is 9.15 Å². The van der Waals surface area contributed by atoms with E-state index in [1.165, 1.54) is 5.56 Å². The van der Waals surface area contributed by atoms with Gasteiger partial charge in [0, 0.05) is 24.4 Å². The standard InChI is InChI=1S/C23H29N5O2.HI/c1-4-12-29-21-11-8-18(13-25-21)14-26-23(24-5-2)27-15-20-16-30-22(28-20)19-9-6-17(3)7-10-19;/h6-11,13,16H,4-5,12,14-15H2,1-3H3,(H2,24,26,27);1H. The second-order valence-electron chi connectivity index (χ2n) is 6.91. The summed E-state index contributed by atoms with van der Waals surface area (Å²) in [4.78, 5) is 13.5. The van der Waals surface area contributed by atoms with Gasteiger partial charge in [-0.1, -0.05) is 30.7 Å². The summed E-state index contributed by atoms with van der Waals surface area (Å²) in [5.74, 6) is 1.97. The highest BCUT2D eigenvalue weighted by molar-refractivity contribution is 14.0. The molecule has 0 bridgehead atoms. The van der Waals surface area contributed by atoms with Gasteiger partial charge in [0.05, 0.1) is 25.4 Å². The minimum absolute atomic E-state index is 0. The van der Waals surface area contributed by atoms with E-state index < -0.39 is 0 Å². The van der Waals surface area contributed by atoms with E-state index in [9.17, 15) is 0 Å². The van der Waals surface area contributed by atoms with Crippen LogP contribution in [0.3, 0.4) is 0 Å². The highest BCUT2D eigenvalue weighted by atomic mass is 127. The van der Waals surface area contributed by atoms with Gasteiger partial charge in [0.25, 0.3) is 0 Å². The monoisotopic (exact) mass is 535 g/mol. The summed E-state index contributed by atoms with van der Waals surface area (Å²) < 4.78 is 11.1. The van der Waals surface area contributed by atoms with E-state index in [0.717, 1.165) is 29.8 Å². The Morgan fingerprint density at radius 1 is 1.10 bits per heavy atom. The van der Waals surface area contributed by atoms with E-state index in [1.807, 2.05) is 43.3 Å². The van der Waals surface area contributed by atoms with E-state index in [0.29, 0.717) is 37.4 Å². The van der Waals surface area contributed by atoms with Crippen molar-refractivity contribution in [3.63, 3.8) is 0 Å². The summed E-state index contributed by atoms with van der Waals surface area (Å²) in [6.45, 7) is 8.63. The quantitative estimate of drug-likeness (QED) is 0.235. The molecule has 2 N–H and O–H groups in total. The fraction of sp³-hybridized carbons (Fsp3) is 0.348. The largest absolute Gasteiger partial charge is 0.478 e. The molecule has 0 atom stereocenters. The molecule has 0 spiro atoms.